The van der Waals surface area contributed by atoms with E-state index in [0.717, 1.165) is 10.4 Å². The molecule has 0 aliphatic carbocycles. The molecule has 0 N–H and O–H groups in total. The Kier molecular flexibility index (Phi) is 5.38. The van der Waals surface area contributed by atoms with Crippen LogP contribution in [0.3, 0.4) is 0 Å². The molecule has 134 valence electrons. The lowest BCUT2D eigenvalue weighted by molar-refractivity contribution is -0.0521. The van der Waals surface area contributed by atoms with Crippen molar-refractivity contribution >= 4 is 39.3 Å². The van der Waals surface area contributed by atoms with Crippen LogP contribution in [0, 0.1) is 11.3 Å². The van der Waals surface area contributed by atoms with Gasteiger partial charge in [0, 0.05) is 13.1 Å². The Labute approximate surface area is 150 Å². The van der Waals surface area contributed by atoms with Gasteiger partial charge in [0.15, 0.2) is 0 Å². The van der Waals surface area contributed by atoms with Crippen LogP contribution >= 0.6 is 23.4 Å². The van der Waals surface area contributed by atoms with Gasteiger partial charge < -0.3 is 13.8 Å². The van der Waals surface area contributed by atoms with Gasteiger partial charge in [-0.2, -0.15) is 18.4 Å². The van der Waals surface area contributed by atoms with Crippen molar-refractivity contribution in [2.45, 2.75) is 24.6 Å². The Morgan fingerprint density at radius 3 is 3.00 bits per heavy atom. The highest BCUT2D eigenvalue weighted by Gasteiger charge is 2.32. The lowest BCUT2D eigenvalue weighted by Gasteiger charge is -2.38. The molecule has 0 amide bonds. The third-order valence-corrected chi connectivity index (χ3v) is 4.95. The summed E-state index contributed by atoms with van der Waals surface area (Å²) in [7, 11) is 0. The van der Waals surface area contributed by atoms with Crippen LogP contribution in [0.15, 0.2) is 17.6 Å². The van der Waals surface area contributed by atoms with E-state index >= 15 is 0 Å². The van der Waals surface area contributed by atoms with Crippen molar-refractivity contribution in [2.75, 3.05) is 24.6 Å². The molecular formula is C15H14F3N3O2S2. The molecule has 10 heteroatoms. The summed E-state index contributed by atoms with van der Waals surface area (Å²) in [5.41, 5.74) is -0.700. The number of thiazole rings is 1. The van der Waals surface area contributed by atoms with Crippen LogP contribution in [0.5, 0.6) is 0 Å². The van der Waals surface area contributed by atoms with E-state index in [1.807, 2.05) is 17.9 Å². The number of fused-ring (bicyclic) bond motifs is 1. The van der Waals surface area contributed by atoms with E-state index in [4.69, 9.17) is 4.74 Å². The first-order chi connectivity index (χ1) is 11.9. The van der Waals surface area contributed by atoms with Crippen LogP contribution in [0.1, 0.15) is 12.5 Å². The predicted molar refractivity (Wildman–Crippen MR) is 90.5 cm³/mol. The number of alkyl halides is 3. The van der Waals surface area contributed by atoms with Crippen LogP contribution in [0.4, 0.5) is 18.9 Å². The highest BCUT2D eigenvalue weighted by molar-refractivity contribution is 7.95. The maximum absolute atomic E-state index is 12.2. The Morgan fingerprint density at radius 2 is 2.28 bits per heavy atom. The maximum atomic E-state index is 12.2. The maximum Gasteiger partial charge on any atom is 0.467 e. The average molecular weight is 389 g/mol. The minimum Gasteiger partial charge on any atom is -0.369 e. The summed E-state index contributed by atoms with van der Waals surface area (Å²) in [5.74, 6) is 0. The van der Waals surface area contributed by atoms with Crippen LogP contribution in [-0.2, 0) is 8.92 Å². The van der Waals surface area contributed by atoms with E-state index < -0.39 is 23.7 Å². The number of halogens is 3. The molecule has 2 aromatic rings. The van der Waals surface area contributed by atoms with Gasteiger partial charge in [0.2, 0.25) is 0 Å². The molecule has 1 fully saturated rings. The molecule has 2 atom stereocenters. The van der Waals surface area contributed by atoms with Crippen LogP contribution in [-0.4, -0.2) is 42.4 Å². The fourth-order valence-electron chi connectivity index (χ4n) is 2.79. The van der Waals surface area contributed by atoms with Gasteiger partial charge in [0.05, 0.1) is 40.3 Å². The number of nitriles is 1. The number of anilines is 1. The first kappa shape index (κ1) is 18.3. The molecule has 0 saturated carbocycles. The van der Waals surface area contributed by atoms with E-state index in [-0.39, 0.29) is 12.7 Å². The van der Waals surface area contributed by atoms with E-state index in [1.165, 1.54) is 11.3 Å². The molecule has 1 saturated heterocycles. The molecule has 0 radical (unpaired) electrons. The standard InChI is InChI=1S/C15H14F3N3O2S2/c1-9-5-21(6-11(23-9)7-22-25-15(16,17)18)12-3-2-10(4-19)13-14(12)24-8-20-13/h2-3,8-9,11H,5-7H2,1H3. The summed E-state index contributed by atoms with van der Waals surface area (Å²) in [5, 5.41) is 9.17. The minimum absolute atomic E-state index is 0.156. The minimum atomic E-state index is -4.43. The van der Waals surface area contributed by atoms with E-state index in [2.05, 4.69) is 15.2 Å². The van der Waals surface area contributed by atoms with Gasteiger partial charge in [-0.1, -0.05) is 0 Å². The second kappa shape index (κ2) is 7.37. The third-order valence-electron chi connectivity index (χ3n) is 3.66. The van der Waals surface area contributed by atoms with Gasteiger partial charge in [-0.15, -0.1) is 11.3 Å². The molecule has 1 aliphatic heterocycles. The van der Waals surface area contributed by atoms with E-state index in [9.17, 15) is 18.4 Å². The van der Waals surface area contributed by atoms with Crippen molar-refractivity contribution in [1.29, 1.82) is 5.26 Å². The van der Waals surface area contributed by atoms with Crippen LogP contribution < -0.4 is 4.90 Å². The van der Waals surface area contributed by atoms with Gasteiger partial charge in [-0.25, -0.2) is 4.98 Å². The zero-order chi connectivity index (χ0) is 18.0. The number of aromatic nitrogens is 1. The zero-order valence-electron chi connectivity index (χ0n) is 13.1. The molecule has 1 aliphatic rings. The summed E-state index contributed by atoms with van der Waals surface area (Å²) in [6.45, 7) is 2.71. The number of hydrogen-bond acceptors (Lipinski definition) is 7. The SMILES string of the molecule is CC1CN(c2ccc(C#N)c3ncsc23)CC(COSC(F)(F)F)O1. The van der Waals surface area contributed by atoms with E-state index in [1.54, 1.807) is 11.6 Å². The number of nitrogens with zero attached hydrogens (tertiary/aromatic N) is 3. The van der Waals surface area contributed by atoms with Gasteiger partial charge in [-0.3, -0.25) is 0 Å². The Hall–Kier alpha value is -1.54. The topological polar surface area (TPSA) is 58.4 Å². The molecule has 1 aromatic carbocycles. The molecule has 0 spiro atoms. The third kappa shape index (κ3) is 4.36. The second-order valence-corrected chi connectivity index (χ2v) is 7.28. The first-order valence-electron chi connectivity index (χ1n) is 7.41. The molecule has 5 nitrogen and oxygen atoms in total. The highest BCUT2D eigenvalue weighted by atomic mass is 32.2. The normalized spacial score (nSPS) is 21.5. The summed E-state index contributed by atoms with van der Waals surface area (Å²) in [6, 6.07) is 5.68. The Bertz CT molecular complexity index is 790. The number of hydrogen-bond donors (Lipinski definition) is 0. The quantitative estimate of drug-likeness (QED) is 0.738. The first-order valence-corrected chi connectivity index (χ1v) is 9.03. The lowest BCUT2D eigenvalue weighted by Crippen LogP contribution is -2.48. The predicted octanol–water partition coefficient (Wildman–Crippen LogP) is 3.95. The fourth-order valence-corrected chi connectivity index (χ4v) is 4.00. The average Bonchev–Trinajstić information content (AvgIpc) is 3.01. The fraction of sp³-hybridized carbons (Fsp3) is 0.467. The zero-order valence-corrected chi connectivity index (χ0v) is 14.7. The summed E-state index contributed by atoms with van der Waals surface area (Å²) in [6.07, 6.45) is -0.630. The number of ether oxygens (including phenoxy) is 1. The van der Waals surface area contributed by atoms with Gasteiger partial charge in [0.1, 0.15) is 23.6 Å². The van der Waals surface area contributed by atoms with Crippen LogP contribution in [0.2, 0.25) is 0 Å². The molecular weight excluding hydrogens is 375 g/mol. The molecule has 25 heavy (non-hydrogen) atoms. The second-order valence-electron chi connectivity index (χ2n) is 5.56. The number of rotatable bonds is 4. The van der Waals surface area contributed by atoms with Crippen molar-refractivity contribution in [3.8, 4) is 6.07 Å². The van der Waals surface area contributed by atoms with Crippen molar-refractivity contribution in [3.63, 3.8) is 0 Å². The van der Waals surface area contributed by atoms with Gasteiger partial charge in [-0.05, 0) is 19.1 Å². The molecule has 2 heterocycles. The lowest BCUT2D eigenvalue weighted by atomic mass is 10.1. The number of benzene rings is 1. The van der Waals surface area contributed by atoms with Crippen molar-refractivity contribution in [2.24, 2.45) is 0 Å². The Morgan fingerprint density at radius 1 is 1.48 bits per heavy atom. The number of morpholine rings is 1. The van der Waals surface area contributed by atoms with Gasteiger partial charge >= 0.3 is 5.51 Å². The smallest absolute Gasteiger partial charge is 0.369 e. The summed E-state index contributed by atoms with van der Waals surface area (Å²) >= 11 is 0.924. The van der Waals surface area contributed by atoms with Crippen molar-refractivity contribution < 1.29 is 22.1 Å². The molecule has 1 aromatic heterocycles. The molecule has 3 rings (SSSR count). The molecule has 2 unspecified atom stereocenters. The monoisotopic (exact) mass is 389 g/mol. The van der Waals surface area contributed by atoms with E-state index in [0.29, 0.717) is 24.2 Å². The Balaban J connectivity index is 1.76. The van der Waals surface area contributed by atoms with Gasteiger partial charge in [0.25, 0.3) is 0 Å². The largest absolute Gasteiger partial charge is 0.467 e. The summed E-state index contributed by atoms with van der Waals surface area (Å²) < 4.78 is 47.8. The van der Waals surface area contributed by atoms with Crippen LogP contribution in [0.25, 0.3) is 10.2 Å². The molecule has 0 bridgehead atoms. The van der Waals surface area contributed by atoms with Crippen molar-refractivity contribution in [1.82, 2.24) is 4.98 Å². The highest BCUT2D eigenvalue weighted by Crippen LogP contribution is 2.34. The van der Waals surface area contributed by atoms with Crippen molar-refractivity contribution in [3.05, 3.63) is 23.2 Å². The summed E-state index contributed by atoms with van der Waals surface area (Å²) in [4.78, 5) is 6.29.